The summed E-state index contributed by atoms with van der Waals surface area (Å²) in [6, 6.07) is 8.68. The van der Waals surface area contributed by atoms with Crippen LogP contribution in [0.1, 0.15) is 28.8 Å². The van der Waals surface area contributed by atoms with Crippen LogP contribution < -0.4 is 11.0 Å². The summed E-state index contributed by atoms with van der Waals surface area (Å²) in [5, 5.41) is 11.7. The molecule has 8 nitrogen and oxygen atoms in total. The first kappa shape index (κ1) is 17.5. The molecule has 0 aliphatic rings. The number of furan rings is 1. The van der Waals surface area contributed by atoms with E-state index in [9.17, 15) is 14.4 Å². The highest BCUT2D eigenvalue weighted by molar-refractivity contribution is 5.88. The molecule has 1 amide bonds. The number of aryl methyl sites for hydroxylation is 2. The lowest BCUT2D eigenvalue weighted by molar-refractivity contribution is -0.121. The zero-order valence-corrected chi connectivity index (χ0v) is 14.5. The Hall–Kier alpha value is -3.29. The highest BCUT2D eigenvalue weighted by Gasteiger charge is 2.16. The molecule has 3 rings (SSSR count). The van der Waals surface area contributed by atoms with E-state index in [1.807, 2.05) is 25.1 Å². The van der Waals surface area contributed by atoms with Gasteiger partial charge in [0.15, 0.2) is 0 Å². The number of aromatic carboxylic acids is 1. The van der Waals surface area contributed by atoms with Gasteiger partial charge in [0.25, 0.3) is 0 Å². The molecular weight excluding hydrogens is 338 g/mol. The van der Waals surface area contributed by atoms with Crippen molar-refractivity contribution in [1.29, 1.82) is 0 Å². The van der Waals surface area contributed by atoms with Crippen molar-refractivity contribution in [3.8, 4) is 0 Å². The summed E-state index contributed by atoms with van der Waals surface area (Å²) >= 11 is 0. The van der Waals surface area contributed by atoms with E-state index in [4.69, 9.17) is 9.52 Å². The molecule has 0 radical (unpaired) electrons. The van der Waals surface area contributed by atoms with Gasteiger partial charge in [-0.3, -0.25) is 13.9 Å². The van der Waals surface area contributed by atoms with Crippen molar-refractivity contribution in [2.24, 2.45) is 0 Å². The number of aromatic nitrogens is 2. The summed E-state index contributed by atoms with van der Waals surface area (Å²) in [5.74, 6) is -0.819. The summed E-state index contributed by atoms with van der Waals surface area (Å²) in [6.07, 6.45) is 0. The second-order valence-electron chi connectivity index (χ2n) is 5.87. The van der Waals surface area contributed by atoms with E-state index in [1.165, 1.54) is 10.6 Å². The van der Waals surface area contributed by atoms with E-state index in [1.54, 1.807) is 17.6 Å². The Kier molecular flexibility index (Phi) is 4.66. The molecule has 2 heterocycles. The molecule has 8 heteroatoms. The van der Waals surface area contributed by atoms with E-state index in [0.717, 1.165) is 5.52 Å². The minimum Gasteiger partial charge on any atom is -0.478 e. The minimum absolute atomic E-state index is 0.0497. The average Bonchev–Trinajstić information content (AvgIpc) is 3.11. The molecule has 0 unspecified atom stereocenters. The van der Waals surface area contributed by atoms with E-state index in [-0.39, 0.29) is 36.0 Å². The highest BCUT2D eigenvalue weighted by Crippen LogP contribution is 2.15. The minimum atomic E-state index is -1.08. The predicted octanol–water partition coefficient (Wildman–Crippen LogP) is 1.74. The molecule has 1 aromatic carbocycles. The zero-order valence-electron chi connectivity index (χ0n) is 14.5. The standard InChI is InChI=1S/C18H19N3O5/c1-3-20-14-6-4-5-7-15(14)21(18(20)25)10-16(22)19-9-12-8-13(17(23)24)11(2)26-12/h4-8H,3,9-10H2,1-2H3,(H,19,22)(H,23,24). The smallest absolute Gasteiger partial charge is 0.339 e. The fraction of sp³-hybridized carbons (Fsp3) is 0.278. The highest BCUT2D eigenvalue weighted by atomic mass is 16.4. The molecule has 0 aliphatic heterocycles. The third-order valence-corrected chi connectivity index (χ3v) is 4.20. The van der Waals surface area contributed by atoms with Gasteiger partial charge in [0, 0.05) is 6.54 Å². The quantitative estimate of drug-likeness (QED) is 0.699. The average molecular weight is 357 g/mol. The molecule has 0 atom stereocenters. The summed E-state index contributed by atoms with van der Waals surface area (Å²) in [7, 11) is 0. The lowest BCUT2D eigenvalue weighted by Crippen LogP contribution is -2.32. The van der Waals surface area contributed by atoms with Crippen molar-refractivity contribution in [3.63, 3.8) is 0 Å². The lowest BCUT2D eigenvalue weighted by atomic mass is 10.2. The number of benzene rings is 1. The van der Waals surface area contributed by atoms with Gasteiger partial charge in [-0.05, 0) is 32.0 Å². The van der Waals surface area contributed by atoms with Gasteiger partial charge in [-0.2, -0.15) is 0 Å². The number of rotatable bonds is 6. The van der Waals surface area contributed by atoms with Crippen LogP contribution >= 0.6 is 0 Å². The Morgan fingerprint density at radius 2 is 1.85 bits per heavy atom. The van der Waals surface area contributed by atoms with Gasteiger partial charge in [0.2, 0.25) is 5.91 Å². The molecule has 0 bridgehead atoms. The Bertz CT molecular complexity index is 1040. The van der Waals surface area contributed by atoms with Crippen molar-refractivity contribution in [2.75, 3.05) is 0 Å². The molecule has 0 saturated carbocycles. The lowest BCUT2D eigenvalue weighted by Gasteiger charge is -2.04. The van der Waals surface area contributed by atoms with Crippen molar-refractivity contribution in [1.82, 2.24) is 14.5 Å². The Morgan fingerprint density at radius 3 is 2.42 bits per heavy atom. The van der Waals surface area contributed by atoms with E-state index < -0.39 is 5.97 Å². The van der Waals surface area contributed by atoms with Crippen LogP contribution in [-0.4, -0.2) is 26.1 Å². The molecule has 136 valence electrons. The number of fused-ring (bicyclic) bond motifs is 1. The first-order valence-electron chi connectivity index (χ1n) is 8.19. The first-order chi connectivity index (χ1) is 12.4. The molecule has 0 fully saturated rings. The number of imidazole rings is 1. The maximum Gasteiger partial charge on any atom is 0.339 e. The monoisotopic (exact) mass is 357 g/mol. The number of nitrogens with zero attached hydrogens (tertiary/aromatic N) is 2. The number of amides is 1. The SMILES string of the molecule is CCn1c(=O)n(CC(=O)NCc2cc(C(=O)O)c(C)o2)c2ccccc21. The largest absolute Gasteiger partial charge is 0.478 e. The van der Waals surface area contributed by atoms with Crippen molar-refractivity contribution >= 4 is 22.9 Å². The maximum absolute atomic E-state index is 12.5. The van der Waals surface area contributed by atoms with Crippen LogP contribution in [0.15, 0.2) is 39.5 Å². The first-order valence-corrected chi connectivity index (χ1v) is 8.19. The third-order valence-electron chi connectivity index (χ3n) is 4.20. The van der Waals surface area contributed by atoms with E-state index >= 15 is 0 Å². The number of nitrogens with one attached hydrogen (secondary N) is 1. The van der Waals surface area contributed by atoms with E-state index in [0.29, 0.717) is 17.8 Å². The zero-order chi connectivity index (χ0) is 18.8. The third kappa shape index (κ3) is 3.13. The van der Waals surface area contributed by atoms with Crippen LogP contribution in [0.25, 0.3) is 11.0 Å². The topological polar surface area (TPSA) is 106 Å². The van der Waals surface area contributed by atoms with Gasteiger partial charge >= 0.3 is 11.7 Å². The summed E-state index contributed by atoms with van der Waals surface area (Å²) in [6.45, 7) is 3.86. The van der Waals surface area contributed by atoms with Crippen LogP contribution in [0.5, 0.6) is 0 Å². The number of carboxylic acids is 1. The van der Waals surface area contributed by atoms with Crippen molar-refractivity contribution in [3.05, 3.63) is 57.9 Å². The summed E-state index contributed by atoms with van der Waals surface area (Å²) in [5.41, 5.74) is 1.29. The number of carbonyl (C=O) groups excluding carboxylic acids is 1. The molecular formula is C18H19N3O5. The Balaban J connectivity index is 1.76. The molecule has 0 saturated heterocycles. The number of hydrogen-bond donors (Lipinski definition) is 2. The van der Waals surface area contributed by atoms with Gasteiger partial charge in [-0.1, -0.05) is 12.1 Å². The molecule has 2 N–H and O–H groups in total. The maximum atomic E-state index is 12.5. The van der Waals surface area contributed by atoms with Gasteiger partial charge in [-0.25, -0.2) is 9.59 Å². The second-order valence-corrected chi connectivity index (χ2v) is 5.87. The number of hydrogen-bond acceptors (Lipinski definition) is 4. The molecule has 26 heavy (non-hydrogen) atoms. The summed E-state index contributed by atoms with van der Waals surface area (Å²) in [4.78, 5) is 35.8. The normalized spacial score (nSPS) is 11.0. The summed E-state index contributed by atoms with van der Waals surface area (Å²) < 4.78 is 8.35. The van der Waals surface area contributed by atoms with Crippen molar-refractivity contribution < 1.29 is 19.1 Å². The van der Waals surface area contributed by atoms with Gasteiger partial charge < -0.3 is 14.8 Å². The van der Waals surface area contributed by atoms with Crippen LogP contribution in [0, 0.1) is 6.92 Å². The van der Waals surface area contributed by atoms with Crippen molar-refractivity contribution in [2.45, 2.75) is 33.5 Å². The van der Waals surface area contributed by atoms with Crippen LogP contribution in [0.3, 0.4) is 0 Å². The number of carbonyl (C=O) groups is 2. The fourth-order valence-electron chi connectivity index (χ4n) is 2.96. The van der Waals surface area contributed by atoms with Crippen LogP contribution in [0.4, 0.5) is 0 Å². The van der Waals surface area contributed by atoms with Gasteiger partial charge in [0.05, 0.1) is 17.6 Å². The van der Waals surface area contributed by atoms with Gasteiger partial charge in [-0.15, -0.1) is 0 Å². The van der Waals surface area contributed by atoms with E-state index in [2.05, 4.69) is 5.32 Å². The van der Waals surface area contributed by atoms with Crippen LogP contribution in [-0.2, 0) is 24.4 Å². The fourth-order valence-corrected chi connectivity index (χ4v) is 2.96. The second kappa shape index (κ2) is 6.91. The van der Waals surface area contributed by atoms with Gasteiger partial charge in [0.1, 0.15) is 23.6 Å². The molecule has 2 aromatic heterocycles. The molecule has 3 aromatic rings. The number of para-hydroxylation sites is 2. The number of carboxylic acid groups (broad SMARTS) is 1. The Labute approximate surface area is 148 Å². The predicted molar refractivity (Wildman–Crippen MR) is 94.1 cm³/mol. The molecule has 0 spiro atoms. The molecule has 0 aliphatic carbocycles. The Morgan fingerprint density at radius 1 is 1.19 bits per heavy atom. The van der Waals surface area contributed by atoms with Crippen LogP contribution in [0.2, 0.25) is 0 Å².